The molecule has 0 unspecified atom stereocenters. The van der Waals surface area contributed by atoms with Crippen molar-refractivity contribution in [1.82, 2.24) is 0 Å². The molecule has 0 amide bonds. The number of hydrogen-bond acceptors (Lipinski definition) is 7. The first-order chi connectivity index (χ1) is 13.9. The van der Waals surface area contributed by atoms with Crippen LogP contribution < -0.4 is 0 Å². The van der Waals surface area contributed by atoms with Gasteiger partial charge in [-0.25, -0.2) is 0 Å². The van der Waals surface area contributed by atoms with Crippen LogP contribution in [-0.2, 0) is 23.9 Å². The van der Waals surface area contributed by atoms with Crippen LogP contribution in [0.4, 0.5) is 0 Å². The van der Waals surface area contributed by atoms with Gasteiger partial charge in [0.05, 0.1) is 24.7 Å². The van der Waals surface area contributed by atoms with E-state index in [2.05, 4.69) is 0 Å². The minimum atomic E-state index is -1.71. The Labute approximate surface area is 177 Å². The highest BCUT2D eigenvalue weighted by atomic mass is 16.5. The van der Waals surface area contributed by atoms with Gasteiger partial charge in [-0.3, -0.25) is 14.4 Å². The van der Waals surface area contributed by atoms with Crippen LogP contribution in [0.5, 0.6) is 5.75 Å². The number of aromatic hydroxyl groups is 1. The lowest BCUT2D eigenvalue weighted by molar-refractivity contribution is -0.174. The molecule has 1 fully saturated rings. The Bertz CT molecular complexity index is 782. The summed E-state index contributed by atoms with van der Waals surface area (Å²) in [5, 5.41) is 21.0. The number of aliphatic hydroxyl groups is 1. The average molecular weight is 421 g/mol. The molecule has 30 heavy (non-hydrogen) atoms. The van der Waals surface area contributed by atoms with Crippen LogP contribution in [0.25, 0.3) is 0 Å². The molecular formula is C23H32O7. The lowest BCUT2D eigenvalue weighted by Gasteiger charge is -2.43. The molecule has 0 heterocycles. The summed E-state index contributed by atoms with van der Waals surface area (Å²) in [6, 6.07) is 6.02. The number of esters is 2. The number of hydrogen-bond donors (Lipinski definition) is 2. The third-order valence-electron chi connectivity index (χ3n) is 5.15. The van der Waals surface area contributed by atoms with Crippen LogP contribution in [0.15, 0.2) is 24.3 Å². The third kappa shape index (κ3) is 5.59. The molecule has 2 N–H and O–H groups in total. The van der Waals surface area contributed by atoms with Gasteiger partial charge in [-0.1, -0.05) is 39.8 Å². The zero-order chi connectivity index (χ0) is 22.6. The van der Waals surface area contributed by atoms with E-state index in [0.717, 1.165) is 0 Å². The van der Waals surface area contributed by atoms with Gasteiger partial charge in [0.25, 0.3) is 0 Å². The number of carbonyl (C=O) groups is 3. The monoisotopic (exact) mass is 420 g/mol. The molecule has 0 aromatic heterocycles. The zero-order valence-corrected chi connectivity index (χ0v) is 18.3. The second-order valence-electron chi connectivity index (χ2n) is 9.12. The second-order valence-corrected chi connectivity index (χ2v) is 9.12. The van der Waals surface area contributed by atoms with E-state index in [-0.39, 0.29) is 37.2 Å². The fourth-order valence-corrected chi connectivity index (χ4v) is 3.82. The van der Waals surface area contributed by atoms with Gasteiger partial charge in [-0.2, -0.15) is 0 Å². The second kappa shape index (κ2) is 9.60. The van der Waals surface area contributed by atoms with Crippen LogP contribution in [0, 0.1) is 23.7 Å². The van der Waals surface area contributed by atoms with Gasteiger partial charge in [0.2, 0.25) is 0 Å². The molecule has 1 aromatic rings. The molecule has 7 heteroatoms. The highest BCUT2D eigenvalue weighted by Crippen LogP contribution is 2.47. The number of carbonyl (C=O) groups excluding carboxylic acids is 3. The molecule has 1 aliphatic rings. The van der Waals surface area contributed by atoms with Crippen LogP contribution in [0.1, 0.15) is 52.5 Å². The first-order valence-corrected chi connectivity index (χ1v) is 10.3. The van der Waals surface area contributed by atoms with E-state index in [0.29, 0.717) is 5.56 Å². The first kappa shape index (κ1) is 23.9. The summed E-state index contributed by atoms with van der Waals surface area (Å²) in [6.07, 6.45) is -0.370. The highest BCUT2D eigenvalue weighted by Gasteiger charge is 2.57. The smallest absolute Gasteiger partial charge is 0.317 e. The van der Waals surface area contributed by atoms with E-state index >= 15 is 0 Å². The van der Waals surface area contributed by atoms with Crippen molar-refractivity contribution >= 4 is 17.7 Å². The number of phenolic OH excluding ortho intramolecular Hbond substituents is 1. The maximum atomic E-state index is 13.0. The molecule has 0 radical (unpaired) electrons. The minimum absolute atomic E-state index is 0.0711. The van der Waals surface area contributed by atoms with Crippen molar-refractivity contribution < 1.29 is 34.1 Å². The van der Waals surface area contributed by atoms with E-state index in [4.69, 9.17) is 9.47 Å². The number of ether oxygens (including phenoxy) is 2. The van der Waals surface area contributed by atoms with Crippen molar-refractivity contribution in [2.45, 2.75) is 52.6 Å². The fourth-order valence-electron chi connectivity index (χ4n) is 3.82. The van der Waals surface area contributed by atoms with Crippen molar-refractivity contribution in [1.29, 1.82) is 0 Å². The normalized spacial score (nSPS) is 26.7. The van der Waals surface area contributed by atoms with Crippen molar-refractivity contribution in [3.63, 3.8) is 0 Å². The van der Waals surface area contributed by atoms with E-state index in [1.807, 2.05) is 27.7 Å². The van der Waals surface area contributed by atoms with Gasteiger partial charge in [-0.15, -0.1) is 0 Å². The molecule has 2 rings (SSSR count). The van der Waals surface area contributed by atoms with Crippen LogP contribution in [0.3, 0.4) is 0 Å². The van der Waals surface area contributed by atoms with Crippen molar-refractivity contribution in [3.05, 3.63) is 29.8 Å². The third-order valence-corrected chi connectivity index (χ3v) is 5.15. The molecule has 166 valence electrons. The Morgan fingerprint density at radius 3 is 2.20 bits per heavy atom. The van der Waals surface area contributed by atoms with Gasteiger partial charge >= 0.3 is 11.9 Å². The SMILES string of the molecule is CC(C)COC(=O)[C@H]1C(=O)C[C@@](C)(O)[C@H](C(=O)OCC(C)C)[C@@H]1c1cccc(O)c1. The largest absolute Gasteiger partial charge is 0.508 e. The summed E-state index contributed by atoms with van der Waals surface area (Å²) in [4.78, 5) is 38.8. The molecule has 1 saturated carbocycles. The van der Waals surface area contributed by atoms with Crippen LogP contribution >= 0.6 is 0 Å². The summed E-state index contributed by atoms with van der Waals surface area (Å²) < 4.78 is 10.7. The molecule has 4 atom stereocenters. The van der Waals surface area contributed by atoms with E-state index in [1.54, 1.807) is 12.1 Å². The Morgan fingerprint density at radius 1 is 1.10 bits per heavy atom. The van der Waals surface area contributed by atoms with Gasteiger partial charge < -0.3 is 19.7 Å². The van der Waals surface area contributed by atoms with E-state index in [9.17, 15) is 24.6 Å². The quantitative estimate of drug-likeness (QED) is 0.515. The summed E-state index contributed by atoms with van der Waals surface area (Å²) in [7, 11) is 0. The Morgan fingerprint density at radius 2 is 1.67 bits per heavy atom. The molecule has 7 nitrogen and oxygen atoms in total. The molecule has 0 saturated heterocycles. The van der Waals surface area contributed by atoms with Gasteiger partial charge in [0.15, 0.2) is 5.78 Å². The molecule has 0 bridgehead atoms. The number of Topliss-reactive ketones (excluding diaryl/α,β-unsaturated/α-hetero) is 1. The molecule has 1 aromatic carbocycles. The van der Waals surface area contributed by atoms with E-state index in [1.165, 1.54) is 19.1 Å². The van der Waals surface area contributed by atoms with Gasteiger partial charge in [0.1, 0.15) is 11.7 Å². The summed E-state index contributed by atoms with van der Waals surface area (Å²) in [6.45, 7) is 9.20. The van der Waals surface area contributed by atoms with Crippen molar-refractivity contribution in [2.75, 3.05) is 13.2 Å². The first-order valence-electron chi connectivity index (χ1n) is 10.3. The zero-order valence-electron chi connectivity index (χ0n) is 18.3. The predicted molar refractivity (Wildman–Crippen MR) is 110 cm³/mol. The predicted octanol–water partition coefficient (Wildman–Crippen LogP) is 2.83. The lowest BCUT2D eigenvalue weighted by atomic mass is 9.61. The minimum Gasteiger partial charge on any atom is -0.508 e. The number of rotatable bonds is 7. The number of ketones is 1. The Kier molecular flexibility index (Phi) is 7.64. The van der Waals surface area contributed by atoms with Gasteiger partial charge in [0, 0.05) is 12.3 Å². The van der Waals surface area contributed by atoms with Gasteiger partial charge in [-0.05, 0) is 36.5 Å². The standard InChI is InChI=1S/C23H32O7/c1-13(2)11-29-21(26)19-17(25)10-23(5,28)20(22(27)30-12-14(3)4)18(19)15-7-6-8-16(24)9-15/h6-9,13-14,18-20,24,28H,10-12H2,1-5H3/t18-,19+,20+,23-/m1/s1. The lowest BCUT2D eigenvalue weighted by Crippen LogP contribution is -2.55. The summed E-state index contributed by atoms with van der Waals surface area (Å²) >= 11 is 0. The fraction of sp³-hybridized carbons (Fsp3) is 0.609. The maximum Gasteiger partial charge on any atom is 0.317 e. The maximum absolute atomic E-state index is 13.0. The topological polar surface area (TPSA) is 110 Å². The molecular weight excluding hydrogens is 388 g/mol. The molecule has 1 aliphatic carbocycles. The molecule has 0 aliphatic heterocycles. The summed E-state index contributed by atoms with van der Waals surface area (Å²) in [5.74, 6) is -5.32. The summed E-state index contributed by atoms with van der Waals surface area (Å²) in [5.41, 5.74) is -1.32. The van der Waals surface area contributed by atoms with Crippen LogP contribution in [0.2, 0.25) is 0 Å². The number of phenols is 1. The Balaban J connectivity index is 2.53. The number of benzene rings is 1. The molecule has 0 spiro atoms. The highest BCUT2D eigenvalue weighted by molar-refractivity contribution is 6.02. The van der Waals surface area contributed by atoms with Crippen LogP contribution in [-0.4, -0.2) is 46.7 Å². The van der Waals surface area contributed by atoms with Crippen molar-refractivity contribution in [2.24, 2.45) is 23.7 Å². The van der Waals surface area contributed by atoms with Crippen molar-refractivity contribution in [3.8, 4) is 5.75 Å². The average Bonchev–Trinajstić information content (AvgIpc) is 2.62. The Hall–Kier alpha value is -2.41. The van der Waals surface area contributed by atoms with E-state index < -0.39 is 41.1 Å².